The lowest BCUT2D eigenvalue weighted by Gasteiger charge is -2.27. The second-order valence-corrected chi connectivity index (χ2v) is 3.48. The van der Waals surface area contributed by atoms with Crippen LogP contribution in [0.4, 0.5) is 0 Å². The molecule has 0 aromatic carbocycles. The van der Waals surface area contributed by atoms with Crippen LogP contribution in [0.15, 0.2) is 24.3 Å². The maximum Gasteiger partial charge on any atom is 0.0171 e. The van der Waals surface area contributed by atoms with Gasteiger partial charge in [-0.2, -0.15) is 0 Å². The molecule has 0 aromatic heterocycles. The minimum absolute atomic E-state index is 0. The van der Waals surface area contributed by atoms with Crippen LogP contribution in [0.3, 0.4) is 0 Å². The van der Waals surface area contributed by atoms with Gasteiger partial charge in [0, 0.05) is 12.6 Å². The molecule has 0 aromatic rings. The highest BCUT2D eigenvalue weighted by atomic mass is 35.5. The van der Waals surface area contributed by atoms with Gasteiger partial charge in [-0.3, -0.25) is 4.90 Å². The quantitative estimate of drug-likeness (QED) is 0.607. The summed E-state index contributed by atoms with van der Waals surface area (Å²) in [5, 5.41) is 0. The van der Waals surface area contributed by atoms with Crippen molar-refractivity contribution in [3.8, 4) is 0 Å². The minimum Gasteiger partial charge on any atom is -0.296 e. The Morgan fingerprint density at radius 3 is 3.17 bits per heavy atom. The highest BCUT2D eigenvalue weighted by molar-refractivity contribution is 5.85. The molecule has 0 amide bonds. The number of halogens is 1. The molecule has 12 heavy (non-hydrogen) atoms. The molecule has 0 aliphatic carbocycles. The SMILES string of the molecule is C=CC1=CCN2CCC[C@H]2C1.Cl. The van der Waals surface area contributed by atoms with Crippen LogP contribution in [0.25, 0.3) is 0 Å². The lowest BCUT2D eigenvalue weighted by molar-refractivity contribution is 0.267. The normalized spacial score (nSPS) is 28.7. The topological polar surface area (TPSA) is 3.24 Å². The molecule has 2 heteroatoms. The number of fused-ring (bicyclic) bond motifs is 1. The molecule has 0 unspecified atom stereocenters. The fourth-order valence-corrected chi connectivity index (χ4v) is 2.12. The zero-order valence-electron chi connectivity index (χ0n) is 7.33. The van der Waals surface area contributed by atoms with E-state index < -0.39 is 0 Å². The van der Waals surface area contributed by atoms with Crippen molar-refractivity contribution in [1.82, 2.24) is 4.90 Å². The van der Waals surface area contributed by atoms with Crippen LogP contribution in [0.5, 0.6) is 0 Å². The van der Waals surface area contributed by atoms with Crippen molar-refractivity contribution < 1.29 is 0 Å². The standard InChI is InChI=1S/C10H15N.ClH/c1-2-9-5-7-11-6-3-4-10(11)8-9;/h2,5,10H,1,3-4,6-8H2;1H/t10-;/m0./s1. The van der Waals surface area contributed by atoms with Gasteiger partial charge in [0.15, 0.2) is 0 Å². The van der Waals surface area contributed by atoms with Gasteiger partial charge in [0.25, 0.3) is 0 Å². The molecule has 2 rings (SSSR count). The second-order valence-electron chi connectivity index (χ2n) is 3.48. The van der Waals surface area contributed by atoms with Crippen molar-refractivity contribution in [3.05, 3.63) is 24.3 Å². The lowest BCUT2D eigenvalue weighted by Crippen LogP contribution is -2.32. The molecule has 0 saturated carbocycles. The Morgan fingerprint density at radius 1 is 1.58 bits per heavy atom. The van der Waals surface area contributed by atoms with Crippen molar-refractivity contribution in [1.29, 1.82) is 0 Å². The maximum atomic E-state index is 3.81. The summed E-state index contributed by atoms with van der Waals surface area (Å²) < 4.78 is 0. The summed E-state index contributed by atoms with van der Waals surface area (Å²) in [7, 11) is 0. The van der Waals surface area contributed by atoms with Crippen LogP contribution in [-0.2, 0) is 0 Å². The molecule has 68 valence electrons. The third-order valence-electron chi connectivity index (χ3n) is 2.82. The fraction of sp³-hybridized carbons (Fsp3) is 0.600. The van der Waals surface area contributed by atoms with Crippen molar-refractivity contribution in [3.63, 3.8) is 0 Å². The number of allylic oxidation sites excluding steroid dienone is 1. The average molecular weight is 186 g/mol. The Bertz CT molecular complexity index is 198. The van der Waals surface area contributed by atoms with E-state index in [1.54, 1.807) is 0 Å². The predicted molar refractivity (Wildman–Crippen MR) is 54.7 cm³/mol. The first-order chi connectivity index (χ1) is 5.40. The molecule has 2 heterocycles. The van der Waals surface area contributed by atoms with Gasteiger partial charge in [0.1, 0.15) is 0 Å². The highest BCUT2D eigenvalue weighted by Crippen LogP contribution is 2.26. The molecule has 2 aliphatic heterocycles. The Morgan fingerprint density at radius 2 is 2.42 bits per heavy atom. The van der Waals surface area contributed by atoms with E-state index in [-0.39, 0.29) is 12.4 Å². The van der Waals surface area contributed by atoms with Crippen molar-refractivity contribution in [2.75, 3.05) is 13.1 Å². The van der Waals surface area contributed by atoms with Gasteiger partial charge in [-0.05, 0) is 31.4 Å². The third kappa shape index (κ3) is 1.73. The van der Waals surface area contributed by atoms with Gasteiger partial charge in [0.2, 0.25) is 0 Å². The summed E-state index contributed by atoms with van der Waals surface area (Å²) in [6, 6.07) is 0.841. The minimum atomic E-state index is 0. The zero-order valence-corrected chi connectivity index (χ0v) is 8.15. The molecule has 2 aliphatic rings. The van der Waals surface area contributed by atoms with E-state index in [1.807, 2.05) is 6.08 Å². The van der Waals surface area contributed by atoms with E-state index in [9.17, 15) is 0 Å². The lowest BCUT2D eigenvalue weighted by atomic mass is 10.0. The molecule has 1 fully saturated rings. The molecule has 0 spiro atoms. The Kier molecular flexibility index (Phi) is 3.36. The molecular weight excluding hydrogens is 170 g/mol. The molecule has 1 atom stereocenters. The van der Waals surface area contributed by atoms with Crippen molar-refractivity contribution >= 4 is 12.4 Å². The van der Waals surface area contributed by atoms with Crippen LogP contribution >= 0.6 is 12.4 Å². The molecule has 1 saturated heterocycles. The average Bonchev–Trinajstić information content (AvgIpc) is 2.50. The summed E-state index contributed by atoms with van der Waals surface area (Å²) in [5.41, 5.74) is 1.45. The first-order valence-corrected chi connectivity index (χ1v) is 4.45. The van der Waals surface area contributed by atoms with E-state index in [0.29, 0.717) is 0 Å². The van der Waals surface area contributed by atoms with Crippen LogP contribution in [0.2, 0.25) is 0 Å². The van der Waals surface area contributed by atoms with E-state index in [4.69, 9.17) is 0 Å². The largest absolute Gasteiger partial charge is 0.296 e. The summed E-state index contributed by atoms with van der Waals surface area (Å²) in [6.45, 7) is 6.28. The summed E-state index contributed by atoms with van der Waals surface area (Å²) in [4.78, 5) is 2.58. The summed E-state index contributed by atoms with van der Waals surface area (Å²) in [6.07, 6.45) is 8.35. The fourth-order valence-electron chi connectivity index (χ4n) is 2.12. The van der Waals surface area contributed by atoms with Crippen molar-refractivity contribution in [2.24, 2.45) is 0 Å². The predicted octanol–water partition coefficient (Wildman–Crippen LogP) is 2.39. The maximum absolute atomic E-state index is 3.81. The highest BCUT2D eigenvalue weighted by Gasteiger charge is 2.26. The first kappa shape index (κ1) is 9.82. The first-order valence-electron chi connectivity index (χ1n) is 4.45. The van der Waals surface area contributed by atoms with E-state index in [0.717, 1.165) is 12.6 Å². The number of rotatable bonds is 1. The Labute approximate surface area is 80.5 Å². The van der Waals surface area contributed by atoms with E-state index in [2.05, 4.69) is 17.6 Å². The van der Waals surface area contributed by atoms with Gasteiger partial charge in [-0.15, -0.1) is 12.4 Å². The Balaban J connectivity index is 0.000000720. The van der Waals surface area contributed by atoms with Gasteiger partial charge in [-0.1, -0.05) is 18.7 Å². The summed E-state index contributed by atoms with van der Waals surface area (Å²) in [5.74, 6) is 0. The van der Waals surface area contributed by atoms with Gasteiger partial charge < -0.3 is 0 Å². The number of hydrogen-bond donors (Lipinski definition) is 0. The van der Waals surface area contributed by atoms with E-state index >= 15 is 0 Å². The van der Waals surface area contributed by atoms with Crippen molar-refractivity contribution in [2.45, 2.75) is 25.3 Å². The Hall–Kier alpha value is -0.270. The summed E-state index contributed by atoms with van der Waals surface area (Å²) >= 11 is 0. The van der Waals surface area contributed by atoms with Gasteiger partial charge >= 0.3 is 0 Å². The molecular formula is C10H16ClN. The zero-order chi connectivity index (χ0) is 7.68. The van der Waals surface area contributed by atoms with Crippen LogP contribution < -0.4 is 0 Å². The van der Waals surface area contributed by atoms with E-state index in [1.165, 1.54) is 31.4 Å². The van der Waals surface area contributed by atoms with Gasteiger partial charge in [-0.25, -0.2) is 0 Å². The van der Waals surface area contributed by atoms with Gasteiger partial charge in [0.05, 0.1) is 0 Å². The molecule has 0 N–H and O–H groups in total. The molecule has 1 nitrogen and oxygen atoms in total. The van der Waals surface area contributed by atoms with Crippen LogP contribution in [0.1, 0.15) is 19.3 Å². The molecule has 0 bridgehead atoms. The second kappa shape index (κ2) is 4.11. The third-order valence-corrected chi connectivity index (χ3v) is 2.82. The van der Waals surface area contributed by atoms with Crippen LogP contribution in [-0.4, -0.2) is 24.0 Å². The number of nitrogens with zero attached hydrogens (tertiary/aromatic N) is 1. The monoisotopic (exact) mass is 185 g/mol. The smallest absolute Gasteiger partial charge is 0.0171 e. The number of hydrogen-bond acceptors (Lipinski definition) is 1. The van der Waals surface area contributed by atoms with Crippen LogP contribution in [0, 0.1) is 0 Å². The molecule has 0 radical (unpaired) electrons.